The molecule has 27 heavy (non-hydrogen) atoms. The molecule has 0 bridgehead atoms. The summed E-state index contributed by atoms with van der Waals surface area (Å²) in [6.07, 6.45) is 4.12. The molecule has 4 rings (SSSR count). The number of rotatable bonds is 3. The van der Waals surface area contributed by atoms with Crippen LogP contribution in [0.3, 0.4) is 0 Å². The number of nitrogens with zero attached hydrogens (tertiary/aromatic N) is 2. The molecule has 1 aromatic heterocycles. The van der Waals surface area contributed by atoms with Crippen LogP contribution in [0.2, 0.25) is 0 Å². The van der Waals surface area contributed by atoms with Gasteiger partial charge in [0.25, 0.3) is 5.92 Å². The van der Waals surface area contributed by atoms with Crippen LogP contribution in [0, 0.1) is 5.41 Å². The largest absolute Gasteiger partial charge is 0.461 e. The van der Waals surface area contributed by atoms with Crippen molar-refractivity contribution in [2.24, 2.45) is 5.41 Å². The van der Waals surface area contributed by atoms with E-state index >= 15 is 0 Å². The number of hydrogen-bond acceptors (Lipinski definition) is 4. The van der Waals surface area contributed by atoms with Crippen LogP contribution in [0.5, 0.6) is 0 Å². The van der Waals surface area contributed by atoms with E-state index in [9.17, 15) is 13.6 Å². The lowest BCUT2D eigenvalue weighted by Gasteiger charge is -2.37. The van der Waals surface area contributed by atoms with Gasteiger partial charge in [-0.25, -0.2) is 13.6 Å². The average Bonchev–Trinajstić information content (AvgIpc) is 3.16. The molecule has 2 fully saturated rings. The van der Waals surface area contributed by atoms with E-state index in [2.05, 4.69) is 18.9 Å². The number of ether oxygens (including phenoxy) is 2. The highest BCUT2D eigenvalue weighted by Crippen LogP contribution is 2.51. The van der Waals surface area contributed by atoms with Gasteiger partial charge in [0.15, 0.2) is 5.69 Å². The normalized spacial score (nSPS) is 31.2. The van der Waals surface area contributed by atoms with Crippen molar-refractivity contribution in [2.75, 3.05) is 13.2 Å². The van der Waals surface area contributed by atoms with Crippen LogP contribution >= 0.6 is 0 Å². The van der Waals surface area contributed by atoms with Crippen LogP contribution in [0.25, 0.3) is 0 Å². The second kappa shape index (κ2) is 6.26. The Bertz CT molecular complexity index is 749. The minimum Gasteiger partial charge on any atom is -0.461 e. The molecule has 0 unspecified atom stereocenters. The zero-order valence-electron chi connectivity index (χ0n) is 16.3. The smallest absolute Gasteiger partial charge is 0.359 e. The molecule has 0 N–H and O–H groups in total. The molecule has 1 saturated heterocycles. The Kier molecular flexibility index (Phi) is 4.37. The molecule has 3 aliphatic rings. The lowest BCUT2D eigenvalue weighted by molar-refractivity contribution is -0.0295. The van der Waals surface area contributed by atoms with Gasteiger partial charge in [0.2, 0.25) is 0 Å². The molecule has 5 nitrogen and oxygen atoms in total. The third-order valence-corrected chi connectivity index (χ3v) is 6.25. The Morgan fingerprint density at radius 2 is 2.04 bits per heavy atom. The number of aromatic nitrogens is 2. The fourth-order valence-corrected chi connectivity index (χ4v) is 5.20. The topological polar surface area (TPSA) is 53.3 Å². The number of carbonyl (C=O) groups excluding carboxylic acids is 1. The summed E-state index contributed by atoms with van der Waals surface area (Å²) in [6, 6.07) is 0. The van der Waals surface area contributed by atoms with E-state index in [1.165, 1.54) is 4.68 Å². The highest BCUT2D eigenvalue weighted by molar-refractivity contribution is 5.89. The second-order valence-electron chi connectivity index (χ2n) is 9.21. The standard InChI is InChI=1S/C20H28F2N2O3/c1-4-26-17(25)16-15(14-9-20(21,22)11-24(14)23-16)13-5-7-19(8-6-13)10-18(2,3)12-27-19/h13H,4-12H2,1-3H3/t13-,19-. The summed E-state index contributed by atoms with van der Waals surface area (Å²) in [5.41, 5.74) is 1.53. The zero-order valence-corrected chi connectivity index (χ0v) is 16.3. The summed E-state index contributed by atoms with van der Waals surface area (Å²) >= 11 is 0. The van der Waals surface area contributed by atoms with Gasteiger partial charge in [-0.1, -0.05) is 13.8 Å². The van der Waals surface area contributed by atoms with Crippen molar-refractivity contribution in [3.63, 3.8) is 0 Å². The van der Waals surface area contributed by atoms with E-state index in [1.807, 2.05) is 0 Å². The Morgan fingerprint density at radius 1 is 1.33 bits per heavy atom. The van der Waals surface area contributed by atoms with E-state index in [1.54, 1.807) is 6.92 Å². The van der Waals surface area contributed by atoms with Gasteiger partial charge in [0, 0.05) is 11.3 Å². The summed E-state index contributed by atoms with van der Waals surface area (Å²) in [7, 11) is 0. The maximum absolute atomic E-state index is 13.9. The van der Waals surface area contributed by atoms with Crippen LogP contribution < -0.4 is 0 Å². The molecule has 1 aromatic rings. The summed E-state index contributed by atoms with van der Waals surface area (Å²) in [6.45, 7) is 6.73. The van der Waals surface area contributed by atoms with Gasteiger partial charge in [-0.15, -0.1) is 0 Å². The third kappa shape index (κ3) is 3.39. The van der Waals surface area contributed by atoms with Gasteiger partial charge >= 0.3 is 5.97 Å². The van der Waals surface area contributed by atoms with Crippen molar-refractivity contribution in [3.05, 3.63) is 17.0 Å². The van der Waals surface area contributed by atoms with Gasteiger partial charge in [0.05, 0.1) is 25.2 Å². The highest BCUT2D eigenvalue weighted by atomic mass is 19.3. The fraction of sp³-hybridized carbons (Fsp3) is 0.800. The SMILES string of the molecule is CCOC(=O)c1nn2c(c1[C@H]1CC[C@]3(CC1)CC(C)(C)CO3)CC(F)(F)C2. The lowest BCUT2D eigenvalue weighted by atomic mass is 9.71. The molecule has 0 radical (unpaired) electrons. The molecular weight excluding hydrogens is 354 g/mol. The van der Waals surface area contributed by atoms with Crippen molar-refractivity contribution in [1.82, 2.24) is 9.78 Å². The number of halogens is 2. The molecule has 150 valence electrons. The summed E-state index contributed by atoms with van der Waals surface area (Å²) < 4.78 is 40.5. The number of esters is 1. The number of carbonyl (C=O) groups is 1. The first-order valence-electron chi connectivity index (χ1n) is 9.92. The molecule has 0 atom stereocenters. The van der Waals surface area contributed by atoms with Crippen molar-refractivity contribution in [3.8, 4) is 0 Å². The Morgan fingerprint density at radius 3 is 2.63 bits per heavy atom. The van der Waals surface area contributed by atoms with Crippen LogP contribution in [-0.4, -0.2) is 40.5 Å². The third-order valence-electron chi connectivity index (χ3n) is 6.25. The van der Waals surface area contributed by atoms with Crippen molar-refractivity contribution in [1.29, 1.82) is 0 Å². The molecule has 1 aliphatic carbocycles. The molecule has 0 amide bonds. The minimum atomic E-state index is -2.79. The monoisotopic (exact) mass is 382 g/mol. The van der Waals surface area contributed by atoms with Crippen LogP contribution in [0.15, 0.2) is 0 Å². The van der Waals surface area contributed by atoms with Crippen LogP contribution in [0.4, 0.5) is 8.78 Å². The Labute approximate surface area is 158 Å². The van der Waals surface area contributed by atoms with Crippen LogP contribution in [0.1, 0.15) is 80.5 Å². The number of hydrogen-bond donors (Lipinski definition) is 0. The van der Waals surface area contributed by atoms with Crippen LogP contribution in [-0.2, 0) is 22.4 Å². The molecular formula is C20H28F2N2O3. The maximum atomic E-state index is 13.9. The maximum Gasteiger partial charge on any atom is 0.359 e. The Balaban J connectivity index is 1.59. The predicted octanol–water partition coefficient (Wildman–Crippen LogP) is 4.09. The number of alkyl halides is 2. The first kappa shape index (κ1) is 18.8. The molecule has 1 saturated carbocycles. The molecule has 2 aliphatic heterocycles. The van der Waals surface area contributed by atoms with Crippen molar-refractivity contribution < 1.29 is 23.0 Å². The lowest BCUT2D eigenvalue weighted by Crippen LogP contribution is -2.34. The van der Waals surface area contributed by atoms with Gasteiger partial charge in [0.1, 0.15) is 6.54 Å². The summed E-state index contributed by atoms with van der Waals surface area (Å²) in [5.74, 6) is -3.24. The molecule has 1 spiro atoms. The number of fused-ring (bicyclic) bond motifs is 1. The zero-order chi connectivity index (χ0) is 19.4. The van der Waals surface area contributed by atoms with E-state index in [-0.39, 0.29) is 35.7 Å². The molecule has 0 aromatic carbocycles. The average molecular weight is 382 g/mol. The summed E-state index contributed by atoms with van der Waals surface area (Å²) in [4.78, 5) is 12.4. The predicted molar refractivity (Wildman–Crippen MR) is 95.1 cm³/mol. The van der Waals surface area contributed by atoms with Gasteiger partial charge in [-0.05, 0) is 50.4 Å². The van der Waals surface area contributed by atoms with Gasteiger partial charge < -0.3 is 9.47 Å². The van der Waals surface area contributed by atoms with Crippen molar-refractivity contribution >= 4 is 5.97 Å². The van der Waals surface area contributed by atoms with Gasteiger partial charge in [-0.2, -0.15) is 5.10 Å². The minimum absolute atomic E-state index is 0.0555. The fourth-order valence-electron chi connectivity index (χ4n) is 5.20. The second-order valence-corrected chi connectivity index (χ2v) is 9.21. The summed E-state index contributed by atoms with van der Waals surface area (Å²) in [5, 5.41) is 4.22. The van der Waals surface area contributed by atoms with E-state index in [0.717, 1.165) is 38.7 Å². The first-order chi connectivity index (χ1) is 12.6. The Hall–Kier alpha value is -1.50. The molecule has 7 heteroatoms. The van der Waals surface area contributed by atoms with Crippen molar-refractivity contribution in [2.45, 2.75) is 83.3 Å². The highest BCUT2D eigenvalue weighted by Gasteiger charge is 2.49. The first-order valence-corrected chi connectivity index (χ1v) is 9.92. The van der Waals surface area contributed by atoms with E-state index < -0.39 is 18.4 Å². The van der Waals surface area contributed by atoms with E-state index in [4.69, 9.17) is 9.47 Å². The quantitative estimate of drug-likeness (QED) is 0.739. The van der Waals surface area contributed by atoms with Gasteiger partial charge in [-0.3, -0.25) is 4.68 Å². The molecule has 3 heterocycles. The van der Waals surface area contributed by atoms with E-state index in [0.29, 0.717) is 11.3 Å².